The summed E-state index contributed by atoms with van der Waals surface area (Å²) in [4.78, 5) is 38.7. The minimum Gasteiger partial charge on any atom is -0.481 e. The summed E-state index contributed by atoms with van der Waals surface area (Å²) in [5.41, 5.74) is 4.42. The van der Waals surface area contributed by atoms with Crippen molar-refractivity contribution in [1.29, 1.82) is 0 Å². The number of carbonyl (C=O) groups excluding carboxylic acids is 2. The molecule has 0 radical (unpaired) electrons. The molecule has 2 aromatic carbocycles. The number of fused-ring (bicyclic) bond motifs is 3. The molecule has 2 aromatic rings. The zero-order valence-corrected chi connectivity index (χ0v) is 20.3. The highest BCUT2D eigenvalue weighted by Crippen LogP contribution is 2.44. The maximum atomic E-state index is 13.2. The Morgan fingerprint density at radius 1 is 1.09 bits per heavy atom. The number of benzene rings is 2. The third-order valence-corrected chi connectivity index (χ3v) is 6.99. The Morgan fingerprint density at radius 3 is 2.23 bits per heavy atom. The van der Waals surface area contributed by atoms with E-state index in [0.29, 0.717) is 6.42 Å². The summed E-state index contributed by atoms with van der Waals surface area (Å²) in [5.74, 6) is -1.50. The van der Waals surface area contributed by atoms with Gasteiger partial charge >= 0.3 is 12.1 Å². The maximum Gasteiger partial charge on any atom is 0.407 e. The van der Waals surface area contributed by atoms with Crippen LogP contribution in [0.2, 0.25) is 0 Å². The lowest BCUT2D eigenvalue weighted by Crippen LogP contribution is -2.52. The van der Waals surface area contributed by atoms with Crippen LogP contribution in [0.5, 0.6) is 0 Å². The van der Waals surface area contributed by atoms with Crippen molar-refractivity contribution in [3.05, 3.63) is 59.7 Å². The number of rotatable bonds is 8. The van der Waals surface area contributed by atoms with E-state index in [1.807, 2.05) is 50.2 Å². The van der Waals surface area contributed by atoms with Crippen LogP contribution in [0.25, 0.3) is 11.1 Å². The van der Waals surface area contributed by atoms with Gasteiger partial charge in [-0.15, -0.1) is 0 Å². The van der Waals surface area contributed by atoms with Gasteiger partial charge in [-0.05, 0) is 48.9 Å². The number of likely N-dealkylation sites (N-methyl/N-ethyl adjacent to an activating group) is 1. The van der Waals surface area contributed by atoms with Crippen LogP contribution in [0.1, 0.15) is 50.2 Å². The summed E-state index contributed by atoms with van der Waals surface area (Å²) in [6, 6.07) is 14.9. The molecule has 4 rings (SSSR count). The lowest BCUT2D eigenvalue weighted by atomic mass is 9.98. The molecule has 8 nitrogen and oxygen atoms in total. The van der Waals surface area contributed by atoms with E-state index in [-0.39, 0.29) is 49.5 Å². The molecule has 1 aliphatic carbocycles. The maximum absolute atomic E-state index is 13.2. The van der Waals surface area contributed by atoms with Crippen LogP contribution in [0.4, 0.5) is 4.79 Å². The minimum atomic E-state index is -1.04. The van der Waals surface area contributed by atoms with Crippen molar-refractivity contribution in [3.63, 3.8) is 0 Å². The van der Waals surface area contributed by atoms with Gasteiger partial charge in [-0.25, -0.2) is 4.79 Å². The van der Waals surface area contributed by atoms with Crippen molar-refractivity contribution in [2.45, 2.75) is 63.3 Å². The Balaban J connectivity index is 1.43. The molecular weight excluding hydrogens is 448 g/mol. The smallest absolute Gasteiger partial charge is 0.407 e. The zero-order chi connectivity index (χ0) is 25.1. The fourth-order valence-electron chi connectivity index (χ4n) is 5.23. The molecule has 0 spiro atoms. The number of ether oxygens (including phenoxy) is 2. The van der Waals surface area contributed by atoms with E-state index in [1.54, 1.807) is 11.9 Å². The standard InChI is InChI=1S/C27H32N2O6/c1-16-14-24(17(2)35-16)29(3)26(32)23(12-13-25(30)31)28-27(33)34-15-22-20-10-6-4-8-18(20)19-9-5-7-11-21(19)22/h4-11,16-17,22-24H,12-15H2,1-3H3,(H,28,33)(H,30,31). The quantitative estimate of drug-likeness (QED) is 0.596. The first-order valence-electron chi connectivity index (χ1n) is 12.0. The van der Waals surface area contributed by atoms with Crippen LogP contribution in [0.15, 0.2) is 48.5 Å². The second-order valence-corrected chi connectivity index (χ2v) is 9.36. The first kappa shape index (κ1) is 24.7. The van der Waals surface area contributed by atoms with E-state index in [1.165, 1.54) is 0 Å². The Labute approximate surface area is 205 Å². The molecule has 8 heteroatoms. The molecule has 0 aromatic heterocycles. The monoisotopic (exact) mass is 480 g/mol. The van der Waals surface area contributed by atoms with Crippen LogP contribution in [0, 0.1) is 0 Å². The highest BCUT2D eigenvalue weighted by atomic mass is 16.5. The lowest BCUT2D eigenvalue weighted by molar-refractivity contribution is -0.138. The van der Waals surface area contributed by atoms with Gasteiger partial charge in [0, 0.05) is 19.4 Å². The van der Waals surface area contributed by atoms with E-state index < -0.39 is 18.1 Å². The van der Waals surface area contributed by atoms with Crippen molar-refractivity contribution in [2.24, 2.45) is 0 Å². The minimum absolute atomic E-state index is 0.0258. The van der Waals surface area contributed by atoms with Crippen LogP contribution in [-0.4, -0.2) is 65.9 Å². The van der Waals surface area contributed by atoms with E-state index in [2.05, 4.69) is 17.4 Å². The highest BCUT2D eigenvalue weighted by molar-refractivity contribution is 5.86. The highest BCUT2D eigenvalue weighted by Gasteiger charge is 2.37. The molecule has 4 atom stereocenters. The molecule has 1 heterocycles. The van der Waals surface area contributed by atoms with Gasteiger partial charge in [-0.3, -0.25) is 9.59 Å². The Bertz CT molecular complexity index is 1060. The topological polar surface area (TPSA) is 105 Å². The molecule has 2 N–H and O–H groups in total. The van der Waals surface area contributed by atoms with Gasteiger partial charge in [-0.1, -0.05) is 48.5 Å². The number of hydrogen-bond donors (Lipinski definition) is 2. The van der Waals surface area contributed by atoms with Crippen molar-refractivity contribution < 1.29 is 29.0 Å². The second-order valence-electron chi connectivity index (χ2n) is 9.36. The van der Waals surface area contributed by atoms with Crippen LogP contribution >= 0.6 is 0 Å². The number of carboxylic acid groups (broad SMARTS) is 1. The summed E-state index contributed by atoms with van der Waals surface area (Å²) in [7, 11) is 1.66. The fourth-order valence-corrected chi connectivity index (χ4v) is 5.23. The SMILES string of the molecule is CC1CC(N(C)C(=O)C(CCC(=O)O)NC(=O)OCC2c3ccccc3-c3ccccc32)C(C)O1. The summed E-state index contributed by atoms with van der Waals surface area (Å²) >= 11 is 0. The van der Waals surface area contributed by atoms with Gasteiger partial charge in [0.25, 0.3) is 0 Å². The zero-order valence-electron chi connectivity index (χ0n) is 20.3. The third kappa shape index (κ3) is 5.32. The van der Waals surface area contributed by atoms with Gasteiger partial charge in [0.1, 0.15) is 12.6 Å². The number of alkyl carbamates (subject to hydrolysis) is 1. The Kier molecular flexibility index (Phi) is 7.40. The Hall–Kier alpha value is -3.39. The number of amides is 2. The lowest BCUT2D eigenvalue weighted by Gasteiger charge is -2.30. The number of aliphatic carboxylic acids is 1. The third-order valence-electron chi connectivity index (χ3n) is 6.99. The largest absolute Gasteiger partial charge is 0.481 e. The molecule has 35 heavy (non-hydrogen) atoms. The average Bonchev–Trinajstić information content (AvgIpc) is 3.35. The molecule has 2 amide bonds. The van der Waals surface area contributed by atoms with E-state index in [0.717, 1.165) is 22.3 Å². The van der Waals surface area contributed by atoms with Gasteiger partial charge in [0.05, 0.1) is 18.2 Å². The predicted molar refractivity (Wildman–Crippen MR) is 130 cm³/mol. The van der Waals surface area contributed by atoms with Crippen LogP contribution in [0.3, 0.4) is 0 Å². The number of hydrogen-bond acceptors (Lipinski definition) is 5. The molecule has 1 saturated heterocycles. The predicted octanol–water partition coefficient (Wildman–Crippen LogP) is 3.78. The molecule has 0 bridgehead atoms. The summed E-state index contributed by atoms with van der Waals surface area (Å²) in [6.07, 6.45) is -0.458. The Morgan fingerprint density at radius 2 is 1.69 bits per heavy atom. The normalized spacial score (nSPS) is 21.6. The summed E-state index contributed by atoms with van der Waals surface area (Å²) in [6.45, 7) is 3.97. The van der Waals surface area contributed by atoms with Crippen molar-refractivity contribution >= 4 is 18.0 Å². The number of nitrogens with zero attached hydrogens (tertiary/aromatic N) is 1. The average molecular weight is 481 g/mol. The van der Waals surface area contributed by atoms with Crippen molar-refractivity contribution in [1.82, 2.24) is 10.2 Å². The van der Waals surface area contributed by atoms with Gasteiger partial charge in [0.2, 0.25) is 5.91 Å². The number of carboxylic acids is 1. The van der Waals surface area contributed by atoms with Crippen LogP contribution < -0.4 is 5.32 Å². The van der Waals surface area contributed by atoms with Gasteiger partial charge in [-0.2, -0.15) is 0 Å². The molecule has 0 saturated carbocycles. The molecule has 2 aliphatic rings. The molecule has 1 fully saturated rings. The van der Waals surface area contributed by atoms with E-state index >= 15 is 0 Å². The number of nitrogens with one attached hydrogen (secondary N) is 1. The molecule has 1 aliphatic heterocycles. The second kappa shape index (κ2) is 10.5. The summed E-state index contributed by atoms with van der Waals surface area (Å²) < 4.78 is 11.3. The van der Waals surface area contributed by atoms with Crippen LogP contribution in [-0.2, 0) is 19.1 Å². The van der Waals surface area contributed by atoms with E-state index in [4.69, 9.17) is 14.6 Å². The molecular formula is C27H32N2O6. The van der Waals surface area contributed by atoms with Gasteiger partial charge in [0.15, 0.2) is 0 Å². The summed E-state index contributed by atoms with van der Waals surface area (Å²) in [5, 5.41) is 11.8. The van der Waals surface area contributed by atoms with E-state index in [9.17, 15) is 14.4 Å². The first-order valence-corrected chi connectivity index (χ1v) is 12.0. The fraction of sp³-hybridized carbons (Fsp3) is 0.444. The van der Waals surface area contributed by atoms with Crippen molar-refractivity contribution in [2.75, 3.05) is 13.7 Å². The van der Waals surface area contributed by atoms with Gasteiger partial charge < -0.3 is 24.8 Å². The van der Waals surface area contributed by atoms with Crippen molar-refractivity contribution in [3.8, 4) is 11.1 Å². The molecule has 4 unspecified atom stereocenters. The molecule has 186 valence electrons. The number of carbonyl (C=O) groups is 3. The first-order chi connectivity index (χ1) is 16.8.